The number of hydrogen-bond acceptors (Lipinski definition) is 5. The highest BCUT2D eigenvalue weighted by molar-refractivity contribution is 6.46. The smallest absolute Gasteiger partial charge is 0.295 e. The van der Waals surface area contributed by atoms with E-state index in [0.29, 0.717) is 16.9 Å². The zero-order chi connectivity index (χ0) is 27.0. The van der Waals surface area contributed by atoms with Crippen molar-refractivity contribution in [2.75, 3.05) is 0 Å². The van der Waals surface area contributed by atoms with Gasteiger partial charge in [-0.15, -0.1) is 0 Å². The number of nitrogens with zero attached hydrogens (tertiary/aromatic N) is 1. The normalized spacial score (nSPS) is 17.2. The molecule has 1 aliphatic rings. The Bertz CT molecular complexity index is 1560. The molecule has 1 aliphatic heterocycles. The van der Waals surface area contributed by atoms with Crippen LogP contribution in [-0.2, 0) is 16.1 Å². The molecule has 6 heteroatoms. The summed E-state index contributed by atoms with van der Waals surface area (Å²) in [5.74, 6) is -1.04. The summed E-state index contributed by atoms with van der Waals surface area (Å²) in [7, 11) is 0. The Labute approximate surface area is 221 Å². The highest BCUT2D eigenvalue weighted by Crippen LogP contribution is 2.42. The molecule has 6 nitrogen and oxygen atoms in total. The maximum absolute atomic E-state index is 13.5. The molecule has 0 spiro atoms. The topological polar surface area (TPSA) is 87.1 Å². The molecular formula is C32H29NO5. The predicted molar refractivity (Wildman–Crippen MR) is 147 cm³/mol. The fourth-order valence-electron chi connectivity index (χ4n) is 4.87. The summed E-state index contributed by atoms with van der Waals surface area (Å²) >= 11 is 0. The number of ketones is 1. The number of aromatic hydroxyl groups is 1. The summed E-state index contributed by atoms with van der Waals surface area (Å²) in [6.45, 7) is 5.92. The maximum Gasteiger partial charge on any atom is 0.295 e. The number of hydrogen-bond donors (Lipinski definition) is 2. The van der Waals surface area contributed by atoms with Gasteiger partial charge in [-0.3, -0.25) is 9.59 Å². The van der Waals surface area contributed by atoms with Gasteiger partial charge < -0.3 is 19.8 Å². The summed E-state index contributed by atoms with van der Waals surface area (Å²) in [5.41, 5.74) is 1.35. The van der Waals surface area contributed by atoms with E-state index in [4.69, 9.17) is 4.74 Å². The van der Waals surface area contributed by atoms with Gasteiger partial charge in [-0.25, -0.2) is 0 Å². The Kier molecular flexibility index (Phi) is 6.41. The lowest BCUT2D eigenvalue weighted by molar-refractivity contribution is -0.140. The van der Waals surface area contributed by atoms with E-state index in [9.17, 15) is 19.8 Å². The average Bonchev–Trinajstić information content (AvgIpc) is 3.13. The molecule has 1 amide bonds. The number of phenols is 1. The van der Waals surface area contributed by atoms with Crippen LogP contribution in [0.4, 0.5) is 0 Å². The second-order valence-electron chi connectivity index (χ2n) is 10.4. The summed E-state index contributed by atoms with van der Waals surface area (Å²) in [6, 6.07) is 25.9. The number of rotatable bonds is 5. The number of aliphatic hydroxyl groups excluding tert-OH is 1. The van der Waals surface area contributed by atoms with Gasteiger partial charge in [-0.1, -0.05) is 72.8 Å². The lowest BCUT2D eigenvalue weighted by Gasteiger charge is -2.28. The summed E-state index contributed by atoms with van der Waals surface area (Å²) in [5, 5.41) is 23.2. The lowest BCUT2D eigenvalue weighted by atomic mass is 9.93. The van der Waals surface area contributed by atoms with Crippen molar-refractivity contribution in [2.45, 2.75) is 39.0 Å². The van der Waals surface area contributed by atoms with Crippen molar-refractivity contribution in [3.63, 3.8) is 0 Å². The van der Waals surface area contributed by atoms with Crippen LogP contribution in [0.3, 0.4) is 0 Å². The standard InChI is InChI=1S/C32H29NO5/c1-32(2,3)38-26-14-7-5-10-22(26)19-33-28(21-15-17-23(34)18-16-21)27(30(36)31(33)37)29(35)25-13-8-11-20-9-4-6-12-24(20)25/h4-18,28,34-35H,19H2,1-3H3/b29-27-. The SMILES string of the molecule is CC(C)(C)Oc1ccccc1CN1C(=O)C(=O)/C(=C(\O)c2cccc3ccccc23)C1c1ccc(O)cc1. The van der Waals surface area contributed by atoms with E-state index in [1.54, 1.807) is 18.2 Å². The number of fused-ring (bicyclic) bond motifs is 1. The Morgan fingerprint density at radius 1 is 0.868 bits per heavy atom. The molecule has 0 radical (unpaired) electrons. The van der Waals surface area contributed by atoms with E-state index in [2.05, 4.69) is 0 Å². The molecule has 1 unspecified atom stereocenters. The first-order chi connectivity index (χ1) is 18.1. The quantitative estimate of drug-likeness (QED) is 0.187. The van der Waals surface area contributed by atoms with E-state index < -0.39 is 23.3 Å². The molecule has 0 aromatic heterocycles. The number of phenolic OH excluding ortho intramolecular Hbond substituents is 1. The lowest BCUT2D eigenvalue weighted by Crippen LogP contribution is -2.30. The second-order valence-corrected chi connectivity index (χ2v) is 10.4. The first-order valence-corrected chi connectivity index (χ1v) is 12.5. The highest BCUT2D eigenvalue weighted by Gasteiger charge is 2.46. The van der Waals surface area contributed by atoms with E-state index in [1.165, 1.54) is 17.0 Å². The molecule has 2 N–H and O–H groups in total. The van der Waals surface area contributed by atoms with Crippen molar-refractivity contribution >= 4 is 28.2 Å². The zero-order valence-electron chi connectivity index (χ0n) is 21.5. The molecule has 1 fully saturated rings. The van der Waals surface area contributed by atoms with Gasteiger partial charge in [-0.2, -0.15) is 0 Å². The number of Topliss-reactive ketones (excluding diaryl/α,β-unsaturated/α-hetero) is 1. The Morgan fingerprint density at radius 2 is 1.53 bits per heavy atom. The first kappa shape index (κ1) is 25.1. The number of benzene rings is 4. The number of carbonyl (C=O) groups is 2. The number of likely N-dealkylation sites (tertiary alicyclic amines) is 1. The third-order valence-electron chi connectivity index (χ3n) is 6.52. The largest absolute Gasteiger partial charge is 0.508 e. The van der Waals surface area contributed by atoms with Crippen LogP contribution >= 0.6 is 0 Å². The van der Waals surface area contributed by atoms with Crippen LogP contribution in [0.15, 0.2) is 96.6 Å². The molecule has 38 heavy (non-hydrogen) atoms. The number of carbonyl (C=O) groups excluding carboxylic acids is 2. The fourth-order valence-corrected chi connectivity index (χ4v) is 4.87. The molecule has 192 valence electrons. The highest BCUT2D eigenvalue weighted by atomic mass is 16.5. The third-order valence-corrected chi connectivity index (χ3v) is 6.52. The number of para-hydroxylation sites is 1. The van der Waals surface area contributed by atoms with Crippen LogP contribution in [0.1, 0.15) is 43.5 Å². The number of aliphatic hydroxyl groups is 1. The molecule has 1 saturated heterocycles. The zero-order valence-corrected chi connectivity index (χ0v) is 21.5. The van der Waals surface area contributed by atoms with Crippen LogP contribution in [0, 0.1) is 0 Å². The summed E-state index contributed by atoms with van der Waals surface area (Å²) < 4.78 is 6.14. The molecule has 4 aromatic rings. The van der Waals surface area contributed by atoms with Gasteiger partial charge in [-0.05, 0) is 55.3 Å². The fraction of sp³-hybridized carbons (Fsp3) is 0.188. The molecule has 0 aliphatic carbocycles. The van der Waals surface area contributed by atoms with Gasteiger partial charge in [0.1, 0.15) is 22.9 Å². The maximum atomic E-state index is 13.5. The molecule has 4 aromatic carbocycles. The third kappa shape index (κ3) is 4.73. The van der Waals surface area contributed by atoms with Gasteiger partial charge >= 0.3 is 0 Å². The summed E-state index contributed by atoms with van der Waals surface area (Å²) in [4.78, 5) is 28.5. The average molecular weight is 508 g/mol. The molecule has 5 rings (SSSR count). The molecule has 0 saturated carbocycles. The van der Waals surface area contributed by atoms with Gasteiger partial charge in [0.2, 0.25) is 0 Å². The summed E-state index contributed by atoms with van der Waals surface area (Å²) in [6.07, 6.45) is 0. The van der Waals surface area contributed by atoms with E-state index in [1.807, 2.05) is 81.4 Å². The van der Waals surface area contributed by atoms with Gasteiger partial charge in [0.25, 0.3) is 11.7 Å². The van der Waals surface area contributed by atoms with Crippen molar-refractivity contribution in [1.29, 1.82) is 0 Å². The van der Waals surface area contributed by atoms with Crippen molar-refractivity contribution in [2.24, 2.45) is 0 Å². The Balaban J connectivity index is 1.67. The van der Waals surface area contributed by atoms with Crippen LogP contribution < -0.4 is 4.74 Å². The Hall–Kier alpha value is -4.58. The second kappa shape index (κ2) is 9.71. The van der Waals surface area contributed by atoms with Crippen LogP contribution in [0.25, 0.3) is 16.5 Å². The first-order valence-electron chi connectivity index (χ1n) is 12.5. The van der Waals surface area contributed by atoms with Crippen molar-refractivity contribution in [3.8, 4) is 11.5 Å². The molecule has 1 heterocycles. The number of ether oxygens (including phenoxy) is 1. The van der Waals surface area contributed by atoms with Gasteiger partial charge in [0.15, 0.2) is 0 Å². The van der Waals surface area contributed by atoms with Crippen molar-refractivity contribution < 1.29 is 24.5 Å². The number of amides is 1. The van der Waals surface area contributed by atoms with E-state index in [0.717, 1.165) is 16.3 Å². The minimum Gasteiger partial charge on any atom is -0.508 e. The monoisotopic (exact) mass is 507 g/mol. The minimum absolute atomic E-state index is 0.00580. The molecule has 1 atom stereocenters. The molecular weight excluding hydrogens is 478 g/mol. The van der Waals surface area contributed by atoms with Gasteiger partial charge in [0.05, 0.1) is 18.2 Å². The predicted octanol–water partition coefficient (Wildman–Crippen LogP) is 6.34. The van der Waals surface area contributed by atoms with E-state index in [-0.39, 0.29) is 23.6 Å². The molecule has 0 bridgehead atoms. The van der Waals surface area contributed by atoms with Gasteiger partial charge in [0, 0.05) is 11.1 Å². The Morgan fingerprint density at radius 3 is 2.26 bits per heavy atom. The van der Waals surface area contributed by atoms with E-state index >= 15 is 0 Å². The van der Waals surface area contributed by atoms with Crippen LogP contribution in [0.5, 0.6) is 11.5 Å². The van der Waals surface area contributed by atoms with Crippen LogP contribution in [-0.4, -0.2) is 32.4 Å². The minimum atomic E-state index is -0.864. The van der Waals surface area contributed by atoms with Crippen molar-refractivity contribution in [3.05, 3.63) is 113 Å². The van der Waals surface area contributed by atoms with Crippen molar-refractivity contribution in [1.82, 2.24) is 4.90 Å². The van der Waals surface area contributed by atoms with Crippen LogP contribution in [0.2, 0.25) is 0 Å².